The molecule has 2 unspecified atom stereocenters. The first-order valence-electron chi connectivity index (χ1n) is 11.5. The van der Waals surface area contributed by atoms with Gasteiger partial charge in [0, 0.05) is 14.2 Å². The van der Waals surface area contributed by atoms with Gasteiger partial charge in [0.1, 0.15) is 6.10 Å². The van der Waals surface area contributed by atoms with Gasteiger partial charge in [-0.1, -0.05) is 88.4 Å². The molecule has 0 amide bonds. The van der Waals surface area contributed by atoms with Crippen LogP contribution in [0.15, 0.2) is 73.8 Å². The van der Waals surface area contributed by atoms with E-state index in [1.54, 1.807) is 20.3 Å². The molecule has 2 aliphatic rings. The zero-order valence-electron chi connectivity index (χ0n) is 21.2. The van der Waals surface area contributed by atoms with Crippen molar-refractivity contribution in [1.29, 1.82) is 0 Å². The topological polar surface area (TPSA) is 43.5 Å². The van der Waals surface area contributed by atoms with E-state index in [0.717, 1.165) is 26.2 Å². The van der Waals surface area contributed by atoms with Crippen molar-refractivity contribution in [3.8, 4) is 0 Å². The average molecular weight is 447 g/mol. The van der Waals surface area contributed by atoms with Crippen molar-refractivity contribution >= 4 is 10.8 Å². The van der Waals surface area contributed by atoms with Crippen LogP contribution in [0.25, 0.3) is 10.8 Å². The zero-order valence-corrected chi connectivity index (χ0v) is 21.2. The molecule has 0 aliphatic carbocycles. The van der Waals surface area contributed by atoms with E-state index < -0.39 is 0 Å². The molecule has 2 atom stereocenters. The van der Waals surface area contributed by atoms with Crippen molar-refractivity contribution in [2.24, 2.45) is 0 Å². The van der Waals surface area contributed by atoms with E-state index in [-0.39, 0.29) is 0 Å². The van der Waals surface area contributed by atoms with Gasteiger partial charge in [-0.15, -0.1) is 13.2 Å². The predicted molar refractivity (Wildman–Crippen MR) is 140 cm³/mol. The van der Waals surface area contributed by atoms with Crippen molar-refractivity contribution in [1.82, 2.24) is 0 Å². The van der Waals surface area contributed by atoms with Crippen molar-refractivity contribution in [2.45, 2.75) is 52.7 Å². The Morgan fingerprint density at radius 2 is 1.22 bits per heavy atom. The highest BCUT2D eigenvalue weighted by molar-refractivity contribution is 5.81. The third-order valence-electron chi connectivity index (χ3n) is 3.84. The normalized spacial score (nSPS) is 16.3. The van der Waals surface area contributed by atoms with Crippen molar-refractivity contribution in [3.05, 3.63) is 73.8 Å². The molecule has 4 nitrogen and oxygen atoms in total. The lowest BCUT2D eigenvalue weighted by Gasteiger charge is -1.92. The molecule has 2 aromatic rings. The Labute approximate surface area is 197 Å². The number of epoxide rings is 2. The Balaban J connectivity index is 0. The predicted octanol–water partition coefficient (Wildman–Crippen LogP) is 7.09. The maximum atomic E-state index is 4.86. The van der Waals surface area contributed by atoms with E-state index in [4.69, 9.17) is 14.2 Å². The van der Waals surface area contributed by atoms with Crippen LogP contribution in [0, 0.1) is 0 Å². The highest BCUT2D eigenvalue weighted by Crippen LogP contribution is 2.11. The number of fused-ring (bicyclic) bond motifs is 1. The Bertz CT molecular complexity index is 583. The molecule has 0 spiro atoms. The van der Waals surface area contributed by atoms with E-state index in [0.29, 0.717) is 18.8 Å². The smallest absolute Gasteiger partial charge is 0.104 e. The molecule has 32 heavy (non-hydrogen) atoms. The van der Waals surface area contributed by atoms with Crippen LogP contribution in [-0.4, -0.2) is 52.9 Å². The van der Waals surface area contributed by atoms with Crippen LogP contribution in [-0.2, 0) is 18.9 Å². The van der Waals surface area contributed by atoms with Gasteiger partial charge in [0.05, 0.1) is 32.5 Å². The lowest BCUT2D eigenvalue weighted by atomic mass is 10.1. The summed E-state index contributed by atoms with van der Waals surface area (Å²) in [5.41, 5.74) is 0. The first-order chi connectivity index (χ1) is 15.7. The van der Waals surface area contributed by atoms with Crippen LogP contribution in [0.3, 0.4) is 0 Å². The summed E-state index contributed by atoms with van der Waals surface area (Å²) in [6, 6.07) is 16.7. The maximum Gasteiger partial charge on any atom is 0.104 e. The van der Waals surface area contributed by atoms with Gasteiger partial charge in [-0.05, 0) is 23.6 Å². The lowest BCUT2D eigenvalue weighted by Crippen LogP contribution is -1.94. The van der Waals surface area contributed by atoms with Gasteiger partial charge >= 0.3 is 0 Å². The van der Waals surface area contributed by atoms with Gasteiger partial charge in [-0.2, -0.15) is 0 Å². The first-order valence-corrected chi connectivity index (χ1v) is 11.5. The van der Waals surface area contributed by atoms with E-state index in [2.05, 4.69) is 80.3 Å². The molecule has 2 aliphatic heterocycles. The molecule has 0 N–H and O–H groups in total. The highest BCUT2D eigenvalue weighted by atomic mass is 16.6. The zero-order chi connectivity index (χ0) is 24.5. The molecular formula is C28H46O4. The number of rotatable bonds is 6. The van der Waals surface area contributed by atoms with E-state index in [1.807, 2.05) is 19.9 Å². The van der Waals surface area contributed by atoms with Gasteiger partial charge in [0.25, 0.3) is 0 Å². The molecule has 2 heterocycles. The summed E-state index contributed by atoms with van der Waals surface area (Å²) in [4.78, 5) is 0. The fourth-order valence-electron chi connectivity index (χ4n) is 1.90. The van der Waals surface area contributed by atoms with Crippen LogP contribution < -0.4 is 0 Å². The molecule has 2 fully saturated rings. The molecule has 2 saturated heterocycles. The summed E-state index contributed by atoms with van der Waals surface area (Å²) in [5, 5.41) is 2.62. The highest BCUT2D eigenvalue weighted by Gasteiger charge is 2.21. The molecule has 4 heteroatoms. The molecule has 0 saturated carbocycles. The number of allylic oxidation sites excluding steroid dienone is 1. The molecule has 182 valence electrons. The van der Waals surface area contributed by atoms with Crippen LogP contribution in [0.1, 0.15) is 40.5 Å². The van der Waals surface area contributed by atoms with E-state index >= 15 is 0 Å². The minimum Gasteiger partial charge on any atom is -0.382 e. The second-order valence-electron chi connectivity index (χ2n) is 6.56. The Morgan fingerprint density at radius 1 is 0.812 bits per heavy atom. The Hall–Kier alpha value is -1.98. The first kappa shape index (κ1) is 32.2. The van der Waals surface area contributed by atoms with Gasteiger partial charge < -0.3 is 18.9 Å². The van der Waals surface area contributed by atoms with Gasteiger partial charge in [0.2, 0.25) is 0 Å². The SMILES string of the molecule is C=CCC.C=CCOC.CC.CCC1CO1.COCC1CO1.c1ccc2ccccc2c1. The second-order valence-corrected chi connectivity index (χ2v) is 6.56. The minimum absolute atomic E-state index is 0.426. The summed E-state index contributed by atoms with van der Waals surface area (Å²) in [6.07, 6.45) is 6.92. The summed E-state index contributed by atoms with van der Waals surface area (Å²) >= 11 is 0. The fourth-order valence-corrected chi connectivity index (χ4v) is 1.90. The number of hydrogen-bond donors (Lipinski definition) is 0. The Kier molecular flexibility index (Phi) is 25.4. The van der Waals surface area contributed by atoms with Crippen LogP contribution in [0.4, 0.5) is 0 Å². The fraction of sp³-hybridized carbons (Fsp3) is 0.500. The van der Waals surface area contributed by atoms with E-state index in [9.17, 15) is 0 Å². The number of methoxy groups -OCH3 is 2. The molecule has 0 radical (unpaired) electrons. The average Bonchev–Trinajstić information content (AvgIpc) is 3.78. The van der Waals surface area contributed by atoms with Crippen molar-refractivity contribution in [2.75, 3.05) is 40.6 Å². The van der Waals surface area contributed by atoms with Crippen molar-refractivity contribution < 1.29 is 18.9 Å². The monoisotopic (exact) mass is 446 g/mol. The van der Waals surface area contributed by atoms with Crippen LogP contribution >= 0.6 is 0 Å². The summed E-state index contributed by atoms with van der Waals surface area (Å²) in [6.45, 7) is 18.4. The van der Waals surface area contributed by atoms with Crippen LogP contribution in [0.5, 0.6) is 0 Å². The quantitative estimate of drug-likeness (QED) is 0.351. The summed E-state index contributed by atoms with van der Waals surface area (Å²) in [7, 11) is 3.32. The van der Waals surface area contributed by atoms with Crippen molar-refractivity contribution in [3.63, 3.8) is 0 Å². The Morgan fingerprint density at radius 3 is 1.34 bits per heavy atom. The molecule has 4 rings (SSSR count). The molecule has 0 aromatic heterocycles. The largest absolute Gasteiger partial charge is 0.382 e. The molecule has 2 aromatic carbocycles. The van der Waals surface area contributed by atoms with Gasteiger partial charge in [-0.3, -0.25) is 0 Å². The number of ether oxygens (including phenoxy) is 4. The molecular weight excluding hydrogens is 400 g/mol. The summed E-state index contributed by atoms with van der Waals surface area (Å²) < 4.78 is 19.0. The maximum absolute atomic E-state index is 4.86. The number of benzene rings is 2. The standard InChI is InChI=1S/C10H8.C4H8O2.2C4H8O.C4H8.C2H6/c1-2-6-10-8-4-3-7-9(10)5-1;1-5-2-4-3-6-4;1-2-4-3-5-4;1-3-4-5-2;1-3-4-2;1-2/h1-8H;4H,2-3H2,1H3;4H,2-3H2,1H3;3H,1,4H2,2H3;3H,1,4H2,2H3;1-2H3. The van der Waals surface area contributed by atoms with E-state index in [1.165, 1.54) is 17.2 Å². The van der Waals surface area contributed by atoms with Gasteiger partial charge in [-0.25, -0.2) is 0 Å². The third kappa shape index (κ3) is 22.7. The second kappa shape index (κ2) is 25.3. The summed E-state index contributed by atoms with van der Waals surface area (Å²) in [5.74, 6) is 0. The van der Waals surface area contributed by atoms with Crippen LogP contribution in [0.2, 0.25) is 0 Å². The lowest BCUT2D eigenvalue weighted by molar-refractivity contribution is 0.171. The van der Waals surface area contributed by atoms with Gasteiger partial charge in [0.15, 0.2) is 0 Å². The number of hydrogen-bond acceptors (Lipinski definition) is 4. The minimum atomic E-state index is 0.426. The third-order valence-corrected chi connectivity index (χ3v) is 3.84. The molecule has 0 bridgehead atoms.